The van der Waals surface area contributed by atoms with Gasteiger partial charge in [0.25, 0.3) is 5.91 Å². The lowest BCUT2D eigenvalue weighted by Gasteiger charge is -2.11. The van der Waals surface area contributed by atoms with Gasteiger partial charge in [-0.1, -0.05) is 6.07 Å². The highest BCUT2D eigenvalue weighted by atomic mass is 19.1. The molecule has 0 unspecified atom stereocenters. The molecule has 1 amide bonds. The molecular formula is C23H22FN7O2. The molecule has 10 heteroatoms. The van der Waals surface area contributed by atoms with Crippen LogP contribution in [0.4, 0.5) is 15.9 Å². The van der Waals surface area contributed by atoms with Gasteiger partial charge in [-0.25, -0.2) is 19.3 Å². The van der Waals surface area contributed by atoms with Crippen molar-refractivity contribution >= 4 is 28.3 Å². The average Bonchev–Trinajstić information content (AvgIpc) is 2.84. The molecule has 9 nitrogen and oxygen atoms in total. The van der Waals surface area contributed by atoms with Crippen molar-refractivity contribution in [3.05, 3.63) is 66.0 Å². The molecule has 1 aromatic carbocycles. The highest BCUT2D eigenvalue weighted by Crippen LogP contribution is 2.26. The standard InChI is InChI=1S/C23H22FN7O2/c1-26-22(32)15-6-8-28-21-13(3-4-16(24)20(15)21)5-7-27-19-10-18(30-12-31-19)14-9-17(25)23(33-2)29-11-14/h3-4,6,8-12H,5,7,25H2,1-2H3,(H,26,32)(H,27,30,31). The summed E-state index contributed by atoms with van der Waals surface area (Å²) in [6, 6.07) is 8.06. The van der Waals surface area contributed by atoms with Crippen molar-refractivity contribution in [1.82, 2.24) is 25.3 Å². The van der Waals surface area contributed by atoms with Crippen LogP contribution in [0.15, 0.2) is 49.1 Å². The number of anilines is 2. The van der Waals surface area contributed by atoms with E-state index in [2.05, 4.69) is 30.6 Å². The summed E-state index contributed by atoms with van der Waals surface area (Å²) in [6.45, 7) is 0.506. The minimum Gasteiger partial charge on any atom is -0.480 e. The summed E-state index contributed by atoms with van der Waals surface area (Å²) in [5.74, 6) is 0.116. The van der Waals surface area contributed by atoms with Crippen LogP contribution in [-0.4, -0.2) is 46.5 Å². The molecule has 4 N–H and O–H groups in total. The highest BCUT2D eigenvalue weighted by Gasteiger charge is 2.15. The molecule has 0 saturated heterocycles. The number of hydrogen-bond donors (Lipinski definition) is 3. The van der Waals surface area contributed by atoms with Gasteiger partial charge in [-0.05, 0) is 30.2 Å². The van der Waals surface area contributed by atoms with E-state index in [0.29, 0.717) is 41.6 Å². The van der Waals surface area contributed by atoms with E-state index < -0.39 is 5.82 Å². The fourth-order valence-electron chi connectivity index (χ4n) is 3.53. The molecule has 0 atom stereocenters. The molecule has 0 bridgehead atoms. The second-order valence-electron chi connectivity index (χ2n) is 7.16. The van der Waals surface area contributed by atoms with Gasteiger partial charge >= 0.3 is 0 Å². The lowest BCUT2D eigenvalue weighted by molar-refractivity contribution is 0.0964. The van der Waals surface area contributed by atoms with E-state index in [1.165, 1.54) is 38.8 Å². The maximum Gasteiger partial charge on any atom is 0.251 e. The Bertz CT molecular complexity index is 1330. The number of carbonyl (C=O) groups is 1. The number of ether oxygens (including phenoxy) is 1. The molecule has 0 aliphatic rings. The van der Waals surface area contributed by atoms with Gasteiger partial charge in [-0.3, -0.25) is 9.78 Å². The normalized spacial score (nSPS) is 10.8. The lowest BCUT2D eigenvalue weighted by atomic mass is 10.0. The summed E-state index contributed by atoms with van der Waals surface area (Å²) in [4.78, 5) is 29.2. The zero-order chi connectivity index (χ0) is 23.4. The topological polar surface area (TPSA) is 128 Å². The Hall–Kier alpha value is -4.34. The maximum absolute atomic E-state index is 14.5. The van der Waals surface area contributed by atoms with Crippen molar-refractivity contribution in [2.45, 2.75) is 6.42 Å². The third-order valence-corrected chi connectivity index (χ3v) is 5.13. The van der Waals surface area contributed by atoms with Crippen molar-refractivity contribution in [2.24, 2.45) is 0 Å². The predicted molar refractivity (Wildman–Crippen MR) is 124 cm³/mol. The molecule has 33 heavy (non-hydrogen) atoms. The number of benzene rings is 1. The van der Waals surface area contributed by atoms with E-state index in [0.717, 1.165) is 11.1 Å². The first-order chi connectivity index (χ1) is 16.0. The van der Waals surface area contributed by atoms with Gasteiger partial charge in [0.15, 0.2) is 0 Å². The van der Waals surface area contributed by atoms with E-state index in [1.54, 1.807) is 24.4 Å². The number of nitrogens with one attached hydrogen (secondary N) is 2. The van der Waals surface area contributed by atoms with Gasteiger partial charge in [0, 0.05) is 43.0 Å². The molecule has 3 heterocycles. The number of hydrogen-bond acceptors (Lipinski definition) is 8. The van der Waals surface area contributed by atoms with E-state index >= 15 is 0 Å². The van der Waals surface area contributed by atoms with Gasteiger partial charge < -0.3 is 21.1 Å². The fraction of sp³-hybridized carbons (Fsp3) is 0.174. The van der Waals surface area contributed by atoms with Gasteiger partial charge in [0.2, 0.25) is 5.88 Å². The molecule has 0 radical (unpaired) electrons. The Kier molecular flexibility index (Phi) is 6.25. The largest absolute Gasteiger partial charge is 0.480 e. The number of nitrogens with zero attached hydrogens (tertiary/aromatic N) is 4. The summed E-state index contributed by atoms with van der Waals surface area (Å²) < 4.78 is 19.6. The number of nitrogens with two attached hydrogens (primary N) is 1. The average molecular weight is 447 g/mol. The molecule has 0 fully saturated rings. The number of pyridine rings is 2. The van der Waals surface area contributed by atoms with Gasteiger partial charge in [0.1, 0.15) is 18.0 Å². The maximum atomic E-state index is 14.5. The number of rotatable bonds is 7. The first kappa shape index (κ1) is 21.9. The van der Waals surface area contributed by atoms with Crippen LogP contribution in [0.1, 0.15) is 15.9 Å². The van der Waals surface area contributed by atoms with Crippen LogP contribution >= 0.6 is 0 Å². The Morgan fingerprint density at radius 2 is 2.00 bits per heavy atom. The summed E-state index contributed by atoms with van der Waals surface area (Å²) in [5.41, 5.74) is 9.26. The Morgan fingerprint density at radius 3 is 2.76 bits per heavy atom. The molecular weight excluding hydrogens is 425 g/mol. The number of halogens is 1. The van der Waals surface area contributed by atoms with E-state index in [4.69, 9.17) is 10.5 Å². The molecule has 0 aliphatic heterocycles. The first-order valence-corrected chi connectivity index (χ1v) is 10.2. The quantitative estimate of drug-likeness (QED) is 0.395. The van der Waals surface area contributed by atoms with Crippen LogP contribution in [0, 0.1) is 5.82 Å². The molecule has 0 aliphatic carbocycles. The smallest absolute Gasteiger partial charge is 0.251 e. The summed E-state index contributed by atoms with van der Waals surface area (Å²) in [7, 11) is 3.01. The number of nitrogen functional groups attached to an aromatic ring is 1. The third kappa shape index (κ3) is 4.49. The number of amides is 1. The van der Waals surface area contributed by atoms with Crippen LogP contribution in [0.2, 0.25) is 0 Å². The summed E-state index contributed by atoms with van der Waals surface area (Å²) >= 11 is 0. The molecule has 168 valence electrons. The van der Waals surface area contributed by atoms with E-state index in [1.807, 2.05) is 0 Å². The molecule has 0 spiro atoms. The Morgan fingerprint density at radius 1 is 1.15 bits per heavy atom. The number of methoxy groups -OCH3 is 1. The molecule has 0 saturated carbocycles. The first-order valence-electron chi connectivity index (χ1n) is 10.2. The molecule has 4 aromatic rings. The zero-order valence-electron chi connectivity index (χ0n) is 18.1. The minimum atomic E-state index is -0.485. The van der Waals surface area contributed by atoms with Gasteiger partial charge in [-0.2, -0.15) is 0 Å². The summed E-state index contributed by atoms with van der Waals surface area (Å²) in [5, 5.41) is 5.99. The van der Waals surface area contributed by atoms with E-state index in [9.17, 15) is 9.18 Å². The number of carbonyl (C=O) groups excluding carboxylic acids is 1. The number of aromatic nitrogens is 4. The summed E-state index contributed by atoms with van der Waals surface area (Å²) in [6.07, 6.45) is 5.12. The lowest BCUT2D eigenvalue weighted by Crippen LogP contribution is -2.18. The second kappa shape index (κ2) is 9.43. The fourth-order valence-corrected chi connectivity index (χ4v) is 3.53. The Labute approximate surface area is 189 Å². The third-order valence-electron chi connectivity index (χ3n) is 5.13. The van der Waals surface area contributed by atoms with Crippen LogP contribution in [0.25, 0.3) is 22.2 Å². The van der Waals surface area contributed by atoms with Gasteiger partial charge in [0.05, 0.1) is 29.6 Å². The van der Waals surface area contributed by atoms with E-state index in [-0.39, 0.29) is 16.9 Å². The van der Waals surface area contributed by atoms with Crippen LogP contribution in [0.3, 0.4) is 0 Å². The SMILES string of the molecule is CNC(=O)c1ccnc2c(CCNc3cc(-c4cnc(OC)c(N)c4)ncn3)ccc(F)c12. The van der Waals surface area contributed by atoms with Crippen molar-refractivity contribution < 1.29 is 13.9 Å². The van der Waals surface area contributed by atoms with Crippen molar-refractivity contribution in [1.29, 1.82) is 0 Å². The van der Waals surface area contributed by atoms with Crippen molar-refractivity contribution in [2.75, 3.05) is 31.8 Å². The highest BCUT2D eigenvalue weighted by molar-refractivity contribution is 6.06. The van der Waals surface area contributed by atoms with Crippen LogP contribution in [-0.2, 0) is 6.42 Å². The number of fused-ring (bicyclic) bond motifs is 1. The monoisotopic (exact) mass is 447 g/mol. The van der Waals surface area contributed by atoms with Crippen LogP contribution in [0.5, 0.6) is 5.88 Å². The van der Waals surface area contributed by atoms with Gasteiger partial charge in [-0.15, -0.1) is 0 Å². The van der Waals surface area contributed by atoms with Crippen molar-refractivity contribution in [3.63, 3.8) is 0 Å². The zero-order valence-corrected chi connectivity index (χ0v) is 18.1. The van der Waals surface area contributed by atoms with Crippen LogP contribution < -0.4 is 21.1 Å². The predicted octanol–water partition coefficient (Wildman–Crippen LogP) is 2.83. The second-order valence-corrected chi connectivity index (χ2v) is 7.16. The Balaban J connectivity index is 1.52. The van der Waals surface area contributed by atoms with Crippen molar-refractivity contribution in [3.8, 4) is 17.1 Å². The molecule has 3 aromatic heterocycles. The minimum absolute atomic E-state index is 0.211. The molecule has 4 rings (SSSR count).